The van der Waals surface area contributed by atoms with Gasteiger partial charge in [-0.25, -0.2) is 0 Å². The second-order valence-corrected chi connectivity index (χ2v) is 5.42. The van der Waals surface area contributed by atoms with E-state index in [9.17, 15) is 0 Å². The quantitative estimate of drug-likeness (QED) is 0.661. The van der Waals surface area contributed by atoms with Crippen molar-refractivity contribution in [3.63, 3.8) is 0 Å². The van der Waals surface area contributed by atoms with E-state index in [2.05, 4.69) is 57.8 Å². The minimum atomic E-state index is 0.192. The van der Waals surface area contributed by atoms with Crippen molar-refractivity contribution in [3.05, 3.63) is 35.0 Å². The van der Waals surface area contributed by atoms with Crippen molar-refractivity contribution in [2.45, 2.75) is 40.0 Å². The average molecular weight is 201 g/mol. The molecule has 80 valence electrons. The first-order valence-corrected chi connectivity index (χ1v) is 5.49. The fraction of sp³-hybridized carbons (Fsp3) is 0.429. The van der Waals surface area contributed by atoms with Gasteiger partial charge >= 0.3 is 0 Å². The molecule has 2 aromatic rings. The fourth-order valence-corrected chi connectivity index (χ4v) is 1.90. The van der Waals surface area contributed by atoms with Crippen LogP contribution in [0.15, 0.2) is 18.2 Å². The lowest BCUT2D eigenvalue weighted by Crippen LogP contribution is -2.11. The van der Waals surface area contributed by atoms with Crippen molar-refractivity contribution in [2.24, 2.45) is 0 Å². The SMILES string of the molecule is Cc1ccc(C)c2[nH]c(C(C)(C)C)cc12. The van der Waals surface area contributed by atoms with Gasteiger partial charge in [-0.1, -0.05) is 32.9 Å². The van der Waals surface area contributed by atoms with E-state index in [-0.39, 0.29) is 5.41 Å². The summed E-state index contributed by atoms with van der Waals surface area (Å²) in [5, 5.41) is 1.36. The number of aryl methyl sites for hydroxylation is 2. The van der Waals surface area contributed by atoms with Crippen LogP contribution in [0.4, 0.5) is 0 Å². The van der Waals surface area contributed by atoms with Gasteiger partial charge in [0, 0.05) is 22.0 Å². The molecule has 0 unspecified atom stereocenters. The molecule has 0 aliphatic rings. The van der Waals surface area contributed by atoms with E-state index in [4.69, 9.17) is 0 Å². The zero-order valence-corrected chi connectivity index (χ0v) is 10.2. The molecule has 1 aromatic carbocycles. The summed E-state index contributed by atoms with van der Waals surface area (Å²) < 4.78 is 0. The highest BCUT2D eigenvalue weighted by atomic mass is 14.7. The highest BCUT2D eigenvalue weighted by molar-refractivity contribution is 5.86. The third kappa shape index (κ3) is 1.67. The average Bonchev–Trinajstić information content (AvgIpc) is 2.56. The number of H-pyrrole nitrogens is 1. The van der Waals surface area contributed by atoms with Crippen LogP contribution in [0.25, 0.3) is 10.9 Å². The van der Waals surface area contributed by atoms with Crippen LogP contribution in [-0.2, 0) is 5.41 Å². The van der Waals surface area contributed by atoms with Crippen molar-refractivity contribution < 1.29 is 0 Å². The molecular weight excluding hydrogens is 182 g/mol. The number of hydrogen-bond donors (Lipinski definition) is 1. The molecular formula is C14H19N. The zero-order chi connectivity index (χ0) is 11.2. The normalized spacial score (nSPS) is 12.3. The van der Waals surface area contributed by atoms with Crippen LogP contribution in [0, 0.1) is 13.8 Å². The standard InChI is InChI=1S/C14H19N/c1-9-6-7-10(2)13-11(9)8-12(15-13)14(3,4)5/h6-8,15H,1-5H3. The molecule has 0 aliphatic carbocycles. The molecule has 15 heavy (non-hydrogen) atoms. The number of nitrogens with one attached hydrogen (secondary N) is 1. The zero-order valence-electron chi connectivity index (χ0n) is 10.2. The molecule has 0 saturated heterocycles. The first kappa shape index (κ1) is 10.3. The third-order valence-electron chi connectivity index (χ3n) is 3.03. The van der Waals surface area contributed by atoms with Crippen LogP contribution >= 0.6 is 0 Å². The summed E-state index contributed by atoms with van der Waals surface area (Å²) in [5.41, 5.74) is 5.47. The molecule has 1 heterocycles. The van der Waals surface area contributed by atoms with Crippen molar-refractivity contribution in [1.29, 1.82) is 0 Å². The van der Waals surface area contributed by atoms with Gasteiger partial charge in [0.1, 0.15) is 0 Å². The number of aromatic nitrogens is 1. The first-order chi connectivity index (χ1) is 6.89. The molecule has 0 spiro atoms. The molecule has 0 saturated carbocycles. The maximum Gasteiger partial charge on any atom is 0.0488 e. The molecule has 0 bridgehead atoms. The van der Waals surface area contributed by atoms with Crippen LogP contribution in [0.5, 0.6) is 0 Å². The van der Waals surface area contributed by atoms with Crippen LogP contribution in [0.3, 0.4) is 0 Å². The highest BCUT2D eigenvalue weighted by Crippen LogP contribution is 2.29. The largest absolute Gasteiger partial charge is 0.358 e. The Hall–Kier alpha value is -1.24. The lowest BCUT2D eigenvalue weighted by atomic mass is 9.92. The van der Waals surface area contributed by atoms with Gasteiger partial charge in [0.2, 0.25) is 0 Å². The summed E-state index contributed by atoms with van der Waals surface area (Å²) in [4.78, 5) is 3.54. The molecule has 0 amide bonds. The van der Waals surface area contributed by atoms with Crippen LogP contribution < -0.4 is 0 Å². The van der Waals surface area contributed by atoms with Crippen molar-refractivity contribution in [2.75, 3.05) is 0 Å². The predicted octanol–water partition coefficient (Wildman–Crippen LogP) is 4.08. The van der Waals surface area contributed by atoms with Gasteiger partial charge in [-0.3, -0.25) is 0 Å². The molecule has 0 fully saturated rings. The van der Waals surface area contributed by atoms with Gasteiger partial charge in [0.15, 0.2) is 0 Å². The van der Waals surface area contributed by atoms with Gasteiger partial charge in [-0.2, -0.15) is 0 Å². The van der Waals surface area contributed by atoms with Crippen molar-refractivity contribution in [1.82, 2.24) is 4.98 Å². The predicted molar refractivity (Wildman–Crippen MR) is 66.5 cm³/mol. The van der Waals surface area contributed by atoms with Crippen molar-refractivity contribution in [3.8, 4) is 0 Å². The summed E-state index contributed by atoms with van der Waals surface area (Å²) >= 11 is 0. The van der Waals surface area contributed by atoms with E-state index in [1.165, 1.54) is 27.7 Å². The smallest absolute Gasteiger partial charge is 0.0488 e. The van der Waals surface area contributed by atoms with E-state index in [0.717, 1.165) is 0 Å². The summed E-state index contributed by atoms with van der Waals surface area (Å²) in [6.07, 6.45) is 0. The molecule has 1 heteroatoms. The minimum absolute atomic E-state index is 0.192. The van der Waals surface area contributed by atoms with E-state index in [1.54, 1.807) is 0 Å². The van der Waals surface area contributed by atoms with Gasteiger partial charge in [0.05, 0.1) is 0 Å². The van der Waals surface area contributed by atoms with E-state index in [1.807, 2.05) is 0 Å². The van der Waals surface area contributed by atoms with Crippen LogP contribution in [0.2, 0.25) is 0 Å². The molecule has 1 N–H and O–H groups in total. The Morgan fingerprint density at radius 1 is 1.00 bits per heavy atom. The van der Waals surface area contributed by atoms with Crippen LogP contribution in [-0.4, -0.2) is 4.98 Å². The minimum Gasteiger partial charge on any atom is -0.358 e. The number of rotatable bonds is 0. The summed E-state index contributed by atoms with van der Waals surface area (Å²) in [6.45, 7) is 11.0. The van der Waals surface area contributed by atoms with E-state index in [0.29, 0.717) is 0 Å². The van der Waals surface area contributed by atoms with Crippen LogP contribution in [0.1, 0.15) is 37.6 Å². The van der Waals surface area contributed by atoms with E-state index >= 15 is 0 Å². The summed E-state index contributed by atoms with van der Waals surface area (Å²) in [7, 11) is 0. The lowest BCUT2D eigenvalue weighted by Gasteiger charge is -2.15. The Kier molecular flexibility index (Phi) is 2.14. The molecule has 0 atom stereocenters. The first-order valence-electron chi connectivity index (χ1n) is 5.49. The molecule has 0 radical (unpaired) electrons. The molecule has 1 nitrogen and oxygen atoms in total. The highest BCUT2D eigenvalue weighted by Gasteiger charge is 2.17. The number of hydrogen-bond acceptors (Lipinski definition) is 0. The van der Waals surface area contributed by atoms with Gasteiger partial charge in [-0.05, 0) is 31.0 Å². The lowest BCUT2D eigenvalue weighted by molar-refractivity contribution is 0.574. The topological polar surface area (TPSA) is 15.8 Å². The Balaban J connectivity index is 2.76. The maximum atomic E-state index is 3.54. The molecule has 0 aliphatic heterocycles. The Labute approximate surface area is 91.5 Å². The molecule has 2 rings (SSSR count). The second kappa shape index (κ2) is 3.13. The third-order valence-corrected chi connectivity index (χ3v) is 3.03. The van der Waals surface area contributed by atoms with Gasteiger partial charge < -0.3 is 4.98 Å². The van der Waals surface area contributed by atoms with E-state index < -0.39 is 0 Å². The fourth-order valence-electron chi connectivity index (χ4n) is 1.90. The van der Waals surface area contributed by atoms with Gasteiger partial charge in [-0.15, -0.1) is 0 Å². The number of fused-ring (bicyclic) bond motifs is 1. The monoisotopic (exact) mass is 201 g/mol. The van der Waals surface area contributed by atoms with Crippen molar-refractivity contribution >= 4 is 10.9 Å². The Morgan fingerprint density at radius 3 is 2.13 bits per heavy atom. The molecule has 1 aromatic heterocycles. The number of benzene rings is 1. The Bertz CT molecular complexity index is 459. The summed E-state index contributed by atoms with van der Waals surface area (Å²) in [5.74, 6) is 0. The summed E-state index contributed by atoms with van der Waals surface area (Å²) in [6, 6.07) is 6.66. The second-order valence-electron chi connectivity index (χ2n) is 5.42. The van der Waals surface area contributed by atoms with Gasteiger partial charge in [0.25, 0.3) is 0 Å². The maximum absolute atomic E-state index is 3.54. The Morgan fingerprint density at radius 2 is 1.60 bits per heavy atom. The number of aromatic amines is 1.